The Labute approximate surface area is 96.8 Å². The van der Waals surface area contributed by atoms with Crippen LogP contribution in [0.5, 0.6) is 0 Å². The third kappa shape index (κ3) is 1.67. The molecule has 74 valence electrons. The zero-order valence-corrected chi connectivity index (χ0v) is 9.84. The average molecular weight is 247 g/mol. The van der Waals surface area contributed by atoms with Gasteiger partial charge >= 0.3 is 0 Å². The second-order valence-corrected chi connectivity index (χ2v) is 5.21. The van der Waals surface area contributed by atoms with Crippen LogP contribution in [0.15, 0.2) is 17.0 Å². The van der Waals surface area contributed by atoms with Crippen LogP contribution in [0, 0.1) is 5.92 Å². The molecule has 0 N–H and O–H groups in total. The van der Waals surface area contributed by atoms with E-state index < -0.39 is 0 Å². The average Bonchev–Trinajstić information content (AvgIpc) is 2.12. The highest BCUT2D eigenvalue weighted by atomic mass is 35.5. The molecular formula is C10H8Cl2OS. The van der Waals surface area contributed by atoms with Gasteiger partial charge in [0, 0.05) is 27.2 Å². The van der Waals surface area contributed by atoms with Crippen molar-refractivity contribution in [2.45, 2.75) is 11.8 Å². The Bertz CT molecular complexity index is 403. The molecule has 0 bridgehead atoms. The molecule has 14 heavy (non-hydrogen) atoms. The molecular weight excluding hydrogens is 239 g/mol. The van der Waals surface area contributed by atoms with Crippen molar-refractivity contribution >= 4 is 40.7 Å². The molecule has 2 rings (SSSR count). The summed E-state index contributed by atoms with van der Waals surface area (Å²) >= 11 is 13.5. The summed E-state index contributed by atoms with van der Waals surface area (Å²) in [6.45, 7) is 1.92. The van der Waals surface area contributed by atoms with E-state index in [4.69, 9.17) is 23.2 Å². The summed E-state index contributed by atoms with van der Waals surface area (Å²) in [7, 11) is 0. The quantitative estimate of drug-likeness (QED) is 0.691. The number of halogens is 2. The molecule has 0 saturated carbocycles. The Morgan fingerprint density at radius 1 is 1.43 bits per heavy atom. The number of fused-ring (bicyclic) bond motifs is 1. The summed E-state index contributed by atoms with van der Waals surface area (Å²) in [6.07, 6.45) is 0. The Morgan fingerprint density at radius 2 is 2.14 bits per heavy atom. The van der Waals surface area contributed by atoms with Crippen molar-refractivity contribution in [3.05, 3.63) is 27.7 Å². The number of carbonyl (C=O) groups excluding carboxylic acids is 1. The smallest absolute Gasteiger partial charge is 0.167 e. The van der Waals surface area contributed by atoms with E-state index in [1.165, 1.54) is 0 Å². The SMILES string of the molecule is CC1CSc2c(Cl)cc(Cl)cc2C1=O. The molecule has 1 heterocycles. The minimum absolute atomic E-state index is 0.0574. The van der Waals surface area contributed by atoms with E-state index in [9.17, 15) is 4.79 Å². The molecule has 1 unspecified atom stereocenters. The molecule has 0 amide bonds. The molecule has 0 aliphatic carbocycles. The standard InChI is InChI=1S/C10H8Cl2OS/c1-5-4-14-10-7(9(5)13)2-6(11)3-8(10)12/h2-3,5H,4H2,1H3. The summed E-state index contributed by atoms with van der Waals surface area (Å²) < 4.78 is 0. The van der Waals surface area contributed by atoms with Crippen molar-refractivity contribution < 1.29 is 4.79 Å². The van der Waals surface area contributed by atoms with Gasteiger partial charge in [-0.25, -0.2) is 0 Å². The molecule has 1 nitrogen and oxygen atoms in total. The monoisotopic (exact) mass is 246 g/mol. The van der Waals surface area contributed by atoms with E-state index in [0.717, 1.165) is 10.6 Å². The van der Waals surface area contributed by atoms with Gasteiger partial charge in [-0.2, -0.15) is 0 Å². The van der Waals surface area contributed by atoms with E-state index in [1.807, 2.05) is 6.92 Å². The van der Waals surface area contributed by atoms with Gasteiger partial charge in [0.15, 0.2) is 5.78 Å². The van der Waals surface area contributed by atoms with Crippen LogP contribution in [-0.4, -0.2) is 11.5 Å². The van der Waals surface area contributed by atoms with Gasteiger partial charge in [0.05, 0.1) is 5.02 Å². The zero-order chi connectivity index (χ0) is 10.3. The lowest BCUT2D eigenvalue weighted by atomic mass is 10.0. The zero-order valence-electron chi connectivity index (χ0n) is 7.51. The lowest BCUT2D eigenvalue weighted by Gasteiger charge is -2.20. The molecule has 1 atom stereocenters. The Balaban J connectivity index is 2.60. The highest BCUT2D eigenvalue weighted by Gasteiger charge is 2.26. The third-order valence-electron chi connectivity index (χ3n) is 2.20. The number of rotatable bonds is 0. The predicted molar refractivity (Wildman–Crippen MR) is 60.7 cm³/mol. The lowest BCUT2D eigenvalue weighted by molar-refractivity contribution is 0.0936. The van der Waals surface area contributed by atoms with Gasteiger partial charge in [0.25, 0.3) is 0 Å². The highest BCUT2D eigenvalue weighted by molar-refractivity contribution is 7.99. The van der Waals surface area contributed by atoms with Crippen molar-refractivity contribution in [1.82, 2.24) is 0 Å². The fraction of sp³-hybridized carbons (Fsp3) is 0.300. The van der Waals surface area contributed by atoms with Gasteiger partial charge < -0.3 is 0 Å². The first-order valence-electron chi connectivity index (χ1n) is 4.25. The van der Waals surface area contributed by atoms with Crippen molar-refractivity contribution in [2.24, 2.45) is 5.92 Å². The number of ketones is 1. The Morgan fingerprint density at radius 3 is 2.86 bits per heavy atom. The number of hydrogen-bond acceptors (Lipinski definition) is 2. The molecule has 0 radical (unpaired) electrons. The molecule has 0 fully saturated rings. The second kappa shape index (κ2) is 3.76. The van der Waals surface area contributed by atoms with Crippen LogP contribution in [0.4, 0.5) is 0 Å². The van der Waals surface area contributed by atoms with E-state index in [0.29, 0.717) is 15.6 Å². The van der Waals surface area contributed by atoms with Crippen molar-refractivity contribution in [1.29, 1.82) is 0 Å². The maximum atomic E-state index is 11.8. The van der Waals surface area contributed by atoms with Crippen LogP contribution < -0.4 is 0 Å². The molecule has 1 aromatic carbocycles. The number of benzene rings is 1. The fourth-order valence-electron chi connectivity index (χ4n) is 1.44. The molecule has 0 saturated heterocycles. The number of carbonyl (C=O) groups is 1. The van der Waals surface area contributed by atoms with Gasteiger partial charge in [0.1, 0.15) is 0 Å². The van der Waals surface area contributed by atoms with Crippen LogP contribution in [0.2, 0.25) is 10.0 Å². The van der Waals surface area contributed by atoms with Gasteiger partial charge in [-0.1, -0.05) is 30.1 Å². The minimum atomic E-state index is 0.0574. The van der Waals surface area contributed by atoms with Gasteiger partial charge in [0.2, 0.25) is 0 Å². The third-order valence-corrected chi connectivity index (χ3v) is 4.22. The number of hydrogen-bond donors (Lipinski definition) is 0. The highest BCUT2D eigenvalue weighted by Crippen LogP contribution is 2.39. The van der Waals surface area contributed by atoms with Crippen molar-refractivity contribution in [3.8, 4) is 0 Å². The van der Waals surface area contributed by atoms with Crippen LogP contribution in [0.3, 0.4) is 0 Å². The fourth-order valence-corrected chi connectivity index (χ4v) is 3.18. The predicted octanol–water partition coefficient (Wildman–Crippen LogP) is 3.92. The van der Waals surface area contributed by atoms with Crippen molar-refractivity contribution in [2.75, 3.05) is 5.75 Å². The molecule has 1 aromatic rings. The molecule has 0 spiro atoms. The largest absolute Gasteiger partial charge is 0.294 e. The van der Waals surface area contributed by atoms with Crippen LogP contribution >= 0.6 is 35.0 Å². The first-order chi connectivity index (χ1) is 6.59. The first-order valence-corrected chi connectivity index (χ1v) is 6.00. The molecule has 1 aliphatic heterocycles. The lowest BCUT2D eigenvalue weighted by Crippen LogP contribution is -2.19. The normalized spacial score (nSPS) is 20.8. The maximum Gasteiger partial charge on any atom is 0.167 e. The summed E-state index contributed by atoms with van der Waals surface area (Å²) in [5, 5.41) is 1.11. The van der Waals surface area contributed by atoms with Gasteiger partial charge in [-0.15, -0.1) is 11.8 Å². The van der Waals surface area contributed by atoms with Crippen LogP contribution in [-0.2, 0) is 0 Å². The molecule has 0 aromatic heterocycles. The number of Topliss-reactive ketones (excluding diaryl/α,β-unsaturated/α-hetero) is 1. The molecule has 1 aliphatic rings. The topological polar surface area (TPSA) is 17.1 Å². The first kappa shape index (κ1) is 10.3. The summed E-state index contributed by atoms with van der Waals surface area (Å²) in [5.74, 6) is 0.998. The van der Waals surface area contributed by atoms with E-state index in [1.54, 1.807) is 23.9 Å². The summed E-state index contributed by atoms with van der Waals surface area (Å²) in [6, 6.07) is 3.38. The second-order valence-electron chi connectivity index (χ2n) is 3.34. The van der Waals surface area contributed by atoms with Gasteiger partial charge in [-0.05, 0) is 12.1 Å². The number of thioether (sulfide) groups is 1. The maximum absolute atomic E-state index is 11.8. The van der Waals surface area contributed by atoms with E-state index in [-0.39, 0.29) is 11.7 Å². The molecule has 4 heteroatoms. The summed E-state index contributed by atoms with van der Waals surface area (Å²) in [5.41, 5.74) is 0.672. The Kier molecular flexibility index (Phi) is 2.78. The van der Waals surface area contributed by atoms with Crippen LogP contribution in [0.25, 0.3) is 0 Å². The van der Waals surface area contributed by atoms with Crippen LogP contribution in [0.1, 0.15) is 17.3 Å². The van der Waals surface area contributed by atoms with Crippen molar-refractivity contribution in [3.63, 3.8) is 0 Å². The summed E-state index contributed by atoms with van der Waals surface area (Å²) in [4.78, 5) is 12.7. The van der Waals surface area contributed by atoms with E-state index in [2.05, 4.69) is 0 Å². The Hall–Kier alpha value is -0.180. The van der Waals surface area contributed by atoms with Gasteiger partial charge in [-0.3, -0.25) is 4.79 Å². The minimum Gasteiger partial charge on any atom is -0.294 e. The van der Waals surface area contributed by atoms with E-state index >= 15 is 0 Å².